The molecule has 2 aromatic carbocycles. The normalized spacial score (nSPS) is 10.2. The van der Waals surface area contributed by atoms with Crippen molar-refractivity contribution in [3.8, 4) is 5.75 Å². The van der Waals surface area contributed by atoms with Crippen molar-refractivity contribution < 1.29 is 13.9 Å². The van der Waals surface area contributed by atoms with E-state index in [9.17, 15) is 9.18 Å². The average molecular weight is 399 g/mol. The van der Waals surface area contributed by atoms with Crippen LogP contribution in [0.4, 0.5) is 4.39 Å². The van der Waals surface area contributed by atoms with Crippen LogP contribution in [0.2, 0.25) is 0 Å². The van der Waals surface area contributed by atoms with E-state index in [4.69, 9.17) is 4.74 Å². The lowest BCUT2D eigenvalue weighted by molar-refractivity contribution is -0.123. The van der Waals surface area contributed by atoms with Crippen LogP contribution >= 0.6 is 22.6 Å². The van der Waals surface area contributed by atoms with Gasteiger partial charge < -0.3 is 10.1 Å². The van der Waals surface area contributed by atoms with Gasteiger partial charge in [-0.15, -0.1) is 0 Å². The molecule has 0 aliphatic carbocycles. The Bertz CT molecular complexity index is 646. The molecule has 2 rings (SSSR count). The zero-order chi connectivity index (χ0) is 15.2. The minimum Gasteiger partial charge on any atom is -0.484 e. The second-order valence-corrected chi connectivity index (χ2v) is 5.85. The van der Waals surface area contributed by atoms with Crippen molar-refractivity contribution in [2.45, 2.75) is 13.5 Å². The highest BCUT2D eigenvalue weighted by molar-refractivity contribution is 14.1. The fourth-order valence-corrected chi connectivity index (χ4v) is 2.22. The van der Waals surface area contributed by atoms with Gasteiger partial charge in [-0.3, -0.25) is 4.79 Å². The molecule has 2 aromatic rings. The summed E-state index contributed by atoms with van der Waals surface area (Å²) in [7, 11) is 0. The minimum absolute atomic E-state index is 0.0611. The van der Waals surface area contributed by atoms with E-state index in [1.165, 1.54) is 6.07 Å². The summed E-state index contributed by atoms with van der Waals surface area (Å²) in [6, 6.07) is 12.4. The summed E-state index contributed by atoms with van der Waals surface area (Å²) in [4.78, 5) is 11.7. The second kappa shape index (κ2) is 7.40. The van der Waals surface area contributed by atoms with Gasteiger partial charge in [0.15, 0.2) is 6.61 Å². The van der Waals surface area contributed by atoms with Gasteiger partial charge in [0.2, 0.25) is 0 Å². The Labute approximate surface area is 136 Å². The number of benzene rings is 2. The largest absolute Gasteiger partial charge is 0.484 e. The Balaban J connectivity index is 1.80. The molecular formula is C16H15FINO2. The number of ether oxygens (including phenoxy) is 1. The zero-order valence-electron chi connectivity index (χ0n) is 11.5. The van der Waals surface area contributed by atoms with Gasteiger partial charge in [-0.1, -0.05) is 18.2 Å². The summed E-state index contributed by atoms with van der Waals surface area (Å²) in [5, 5.41) is 2.70. The Hall–Kier alpha value is -1.63. The molecule has 21 heavy (non-hydrogen) atoms. The first-order valence-electron chi connectivity index (χ1n) is 6.44. The molecule has 0 bridgehead atoms. The van der Waals surface area contributed by atoms with Crippen molar-refractivity contribution in [3.63, 3.8) is 0 Å². The molecule has 0 atom stereocenters. The molecule has 0 fully saturated rings. The Morgan fingerprint density at radius 3 is 2.81 bits per heavy atom. The van der Waals surface area contributed by atoms with Crippen LogP contribution < -0.4 is 10.1 Å². The number of carbonyl (C=O) groups excluding carboxylic acids is 1. The maximum Gasteiger partial charge on any atom is 0.258 e. The molecule has 0 heterocycles. The van der Waals surface area contributed by atoms with Crippen LogP contribution in [0.25, 0.3) is 0 Å². The van der Waals surface area contributed by atoms with Crippen molar-refractivity contribution in [1.82, 2.24) is 5.32 Å². The SMILES string of the molecule is Cc1ccc(CNC(=O)COc2cccc(I)c2)cc1F. The number of carbonyl (C=O) groups is 1. The molecule has 0 saturated carbocycles. The molecule has 0 aliphatic rings. The van der Waals surface area contributed by atoms with E-state index < -0.39 is 0 Å². The number of halogens is 2. The van der Waals surface area contributed by atoms with Gasteiger partial charge in [0, 0.05) is 10.1 Å². The molecule has 1 N–H and O–H groups in total. The van der Waals surface area contributed by atoms with E-state index in [-0.39, 0.29) is 24.9 Å². The summed E-state index contributed by atoms with van der Waals surface area (Å²) in [6.07, 6.45) is 0. The third-order valence-electron chi connectivity index (χ3n) is 2.89. The topological polar surface area (TPSA) is 38.3 Å². The molecule has 3 nitrogen and oxygen atoms in total. The van der Waals surface area contributed by atoms with Gasteiger partial charge in [0.1, 0.15) is 11.6 Å². The maximum absolute atomic E-state index is 13.4. The van der Waals surface area contributed by atoms with Gasteiger partial charge in [0.05, 0.1) is 0 Å². The molecule has 0 spiro atoms. The number of aryl methyl sites for hydroxylation is 1. The lowest BCUT2D eigenvalue weighted by atomic mass is 10.1. The predicted molar refractivity (Wildman–Crippen MR) is 87.6 cm³/mol. The van der Waals surface area contributed by atoms with Crippen molar-refractivity contribution in [1.29, 1.82) is 0 Å². The number of hydrogen-bond donors (Lipinski definition) is 1. The molecular weight excluding hydrogens is 384 g/mol. The van der Waals surface area contributed by atoms with E-state index >= 15 is 0 Å². The first-order valence-corrected chi connectivity index (χ1v) is 7.52. The fraction of sp³-hybridized carbons (Fsp3) is 0.188. The van der Waals surface area contributed by atoms with Crippen molar-refractivity contribution >= 4 is 28.5 Å². The smallest absolute Gasteiger partial charge is 0.258 e. The number of nitrogens with one attached hydrogen (secondary N) is 1. The summed E-state index contributed by atoms with van der Waals surface area (Å²) < 4.78 is 19.8. The standard InChI is InChI=1S/C16H15FINO2/c1-11-5-6-12(7-15(11)17)9-19-16(20)10-21-14-4-2-3-13(18)8-14/h2-8H,9-10H2,1H3,(H,19,20). The number of amides is 1. The highest BCUT2D eigenvalue weighted by Crippen LogP contribution is 2.14. The van der Waals surface area contributed by atoms with Crippen LogP contribution in [0.15, 0.2) is 42.5 Å². The average Bonchev–Trinajstić information content (AvgIpc) is 2.46. The minimum atomic E-state index is -0.267. The molecule has 0 unspecified atom stereocenters. The molecule has 0 aromatic heterocycles. The molecule has 5 heteroatoms. The van der Waals surface area contributed by atoms with Gasteiger partial charge in [-0.05, 0) is 64.9 Å². The van der Waals surface area contributed by atoms with Crippen molar-refractivity contribution in [3.05, 3.63) is 63.0 Å². The van der Waals surface area contributed by atoms with Gasteiger partial charge in [-0.2, -0.15) is 0 Å². The van der Waals surface area contributed by atoms with E-state index in [0.717, 1.165) is 9.13 Å². The van der Waals surface area contributed by atoms with Crippen LogP contribution in [-0.2, 0) is 11.3 Å². The highest BCUT2D eigenvalue weighted by Gasteiger charge is 2.04. The third kappa shape index (κ3) is 5.00. The lowest BCUT2D eigenvalue weighted by Crippen LogP contribution is -2.28. The first-order chi connectivity index (χ1) is 10.0. The van der Waals surface area contributed by atoms with Crippen LogP contribution in [-0.4, -0.2) is 12.5 Å². The van der Waals surface area contributed by atoms with Crippen molar-refractivity contribution in [2.24, 2.45) is 0 Å². The van der Waals surface area contributed by atoms with Crippen molar-refractivity contribution in [2.75, 3.05) is 6.61 Å². The summed E-state index contributed by atoms with van der Waals surface area (Å²) in [5.41, 5.74) is 1.31. The summed E-state index contributed by atoms with van der Waals surface area (Å²) in [5.74, 6) is 0.144. The van der Waals surface area contributed by atoms with Crippen LogP contribution in [0.3, 0.4) is 0 Å². The molecule has 110 valence electrons. The fourth-order valence-electron chi connectivity index (χ4n) is 1.70. The van der Waals surface area contributed by atoms with Gasteiger partial charge >= 0.3 is 0 Å². The Morgan fingerprint density at radius 1 is 1.29 bits per heavy atom. The first kappa shape index (κ1) is 15.8. The molecule has 1 amide bonds. The van der Waals surface area contributed by atoms with Crippen LogP contribution in [0.1, 0.15) is 11.1 Å². The lowest BCUT2D eigenvalue weighted by Gasteiger charge is -2.08. The maximum atomic E-state index is 13.4. The number of rotatable bonds is 5. The van der Waals surface area contributed by atoms with Crippen LogP contribution in [0, 0.1) is 16.3 Å². The second-order valence-electron chi connectivity index (χ2n) is 4.61. The summed E-state index contributed by atoms with van der Waals surface area (Å²) >= 11 is 2.18. The van der Waals surface area contributed by atoms with E-state index in [1.54, 1.807) is 25.1 Å². The number of hydrogen-bond acceptors (Lipinski definition) is 2. The molecule has 0 aliphatic heterocycles. The summed E-state index contributed by atoms with van der Waals surface area (Å²) in [6.45, 7) is 1.92. The predicted octanol–water partition coefficient (Wildman–Crippen LogP) is 3.43. The third-order valence-corrected chi connectivity index (χ3v) is 3.56. The van der Waals surface area contributed by atoms with Gasteiger partial charge in [0.25, 0.3) is 5.91 Å². The quantitative estimate of drug-likeness (QED) is 0.783. The zero-order valence-corrected chi connectivity index (χ0v) is 13.7. The van der Waals surface area contributed by atoms with E-state index in [2.05, 4.69) is 27.9 Å². The van der Waals surface area contributed by atoms with E-state index in [0.29, 0.717) is 11.3 Å². The van der Waals surface area contributed by atoms with Crippen LogP contribution in [0.5, 0.6) is 5.75 Å². The van der Waals surface area contributed by atoms with Gasteiger partial charge in [-0.25, -0.2) is 4.39 Å². The molecule has 0 saturated heterocycles. The monoisotopic (exact) mass is 399 g/mol. The Morgan fingerprint density at radius 2 is 2.10 bits per heavy atom. The van der Waals surface area contributed by atoms with E-state index in [1.807, 2.05) is 18.2 Å². The highest BCUT2D eigenvalue weighted by atomic mass is 127. The molecule has 0 radical (unpaired) electrons. The Kier molecular flexibility index (Phi) is 5.55.